The number of sulfonamides is 1. The highest BCUT2D eigenvalue weighted by Crippen LogP contribution is 2.52. The van der Waals surface area contributed by atoms with Crippen molar-refractivity contribution in [2.75, 3.05) is 10.8 Å². The third-order valence-electron chi connectivity index (χ3n) is 5.18. The molecule has 0 saturated carbocycles. The number of para-hydroxylation sites is 1. The highest BCUT2D eigenvalue weighted by molar-refractivity contribution is 7.92. The Kier molecular flexibility index (Phi) is 4.24. The third-order valence-corrected chi connectivity index (χ3v) is 8.32. The highest BCUT2D eigenvalue weighted by atomic mass is 35.5. The van der Waals surface area contributed by atoms with Crippen LogP contribution in [0.25, 0.3) is 0 Å². The molecule has 8 heteroatoms. The van der Waals surface area contributed by atoms with E-state index in [1.54, 1.807) is 36.4 Å². The van der Waals surface area contributed by atoms with Gasteiger partial charge in [-0.2, -0.15) is 0 Å². The van der Waals surface area contributed by atoms with Crippen LogP contribution in [0.1, 0.15) is 16.0 Å². The van der Waals surface area contributed by atoms with Crippen LogP contribution in [-0.2, 0) is 19.6 Å². The predicted molar refractivity (Wildman–Crippen MR) is 115 cm³/mol. The average Bonchev–Trinajstić information content (AvgIpc) is 3.33. The summed E-state index contributed by atoms with van der Waals surface area (Å²) >= 11 is 8.49. The first-order valence-electron chi connectivity index (χ1n) is 9.06. The Morgan fingerprint density at radius 1 is 1.14 bits per heavy atom. The fourth-order valence-electron chi connectivity index (χ4n) is 3.71. The van der Waals surface area contributed by atoms with Crippen LogP contribution in [0.5, 0.6) is 0 Å². The van der Waals surface area contributed by atoms with Crippen molar-refractivity contribution in [3.63, 3.8) is 0 Å². The quantitative estimate of drug-likeness (QED) is 0.559. The first-order chi connectivity index (χ1) is 13.9. The summed E-state index contributed by atoms with van der Waals surface area (Å²) in [4.78, 5) is 4.49. The first-order valence-corrected chi connectivity index (χ1v) is 11.8. The molecule has 0 saturated heterocycles. The molecule has 3 heterocycles. The van der Waals surface area contributed by atoms with Gasteiger partial charge in [-0.05, 0) is 36.6 Å². The molecule has 0 amide bonds. The van der Waals surface area contributed by atoms with E-state index in [1.807, 2.05) is 36.6 Å². The highest BCUT2D eigenvalue weighted by Gasteiger charge is 2.58. The molecule has 2 atom stereocenters. The van der Waals surface area contributed by atoms with Gasteiger partial charge in [0.05, 0.1) is 22.0 Å². The minimum absolute atomic E-state index is 0.197. The minimum Gasteiger partial charge on any atom is -0.449 e. The molecule has 0 spiro atoms. The molecule has 5 nitrogen and oxygen atoms in total. The Morgan fingerprint density at radius 2 is 1.90 bits per heavy atom. The zero-order chi connectivity index (χ0) is 20.2. The maximum Gasteiger partial charge on any atom is 0.267 e. The number of hydrogen-bond donors (Lipinski definition) is 0. The van der Waals surface area contributed by atoms with Crippen molar-refractivity contribution in [2.24, 2.45) is 4.99 Å². The zero-order valence-electron chi connectivity index (χ0n) is 15.4. The van der Waals surface area contributed by atoms with E-state index in [4.69, 9.17) is 16.3 Å². The molecule has 5 rings (SSSR count). The molecule has 1 aromatic heterocycles. The molecule has 2 aliphatic heterocycles. The number of thiophene rings is 1. The standard InChI is InChI=1S/C21H17ClN2O3S2/c1-14-8-10-15(11-9-14)29(25,26)24-17-6-3-2-5-16(17)21(22)13-23-19(27-20(21)24)18-7-4-12-28-18/h2-12,20H,13H2,1H3/t20-,21+/m0/s1. The number of ether oxygens (including phenoxy) is 1. The van der Waals surface area contributed by atoms with Crippen molar-refractivity contribution in [3.8, 4) is 0 Å². The Labute approximate surface area is 178 Å². The topological polar surface area (TPSA) is 59.0 Å². The smallest absolute Gasteiger partial charge is 0.267 e. The molecule has 3 aromatic rings. The summed E-state index contributed by atoms with van der Waals surface area (Å²) in [7, 11) is -3.90. The molecular weight excluding hydrogens is 428 g/mol. The maximum absolute atomic E-state index is 13.6. The fourth-order valence-corrected chi connectivity index (χ4v) is 6.41. The molecule has 0 aliphatic carbocycles. The molecule has 148 valence electrons. The summed E-state index contributed by atoms with van der Waals surface area (Å²) in [6, 6.07) is 17.8. The predicted octanol–water partition coefficient (Wildman–Crippen LogP) is 4.50. The van der Waals surface area contributed by atoms with Gasteiger partial charge in [0.25, 0.3) is 10.0 Å². The number of hydrogen-bond acceptors (Lipinski definition) is 5. The van der Waals surface area contributed by atoms with Crippen molar-refractivity contribution >= 4 is 44.5 Å². The van der Waals surface area contributed by atoms with Gasteiger partial charge in [-0.1, -0.05) is 42.0 Å². The molecule has 2 aliphatic rings. The van der Waals surface area contributed by atoms with Crippen LogP contribution in [0.3, 0.4) is 0 Å². The second-order valence-corrected chi connectivity index (χ2v) is 10.5. The van der Waals surface area contributed by atoms with Crippen LogP contribution >= 0.6 is 22.9 Å². The second-order valence-electron chi connectivity index (χ2n) is 7.06. The fraction of sp³-hybridized carbons (Fsp3) is 0.190. The number of aliphatic imine (C=N–C) groups is 1. The van der Waals surface area contributed by atoms with Gasteiger partial charge in [0.2, 0.25) is 12.1 Å². The van der Waals surface area contributed by atoms with Gasteiger partial charge in [-0.3, -0.25) is 0 Å². The van der Waals surface area contributed by atoms with E-state index < -0.39 is 21.1 Å². The lowest BCUT2D eigenvalue weighted by Gasteiger charge is -2.36. The molecule has 0 N–H and O–H groups in total. The number of aryl methyl sites for hydroxylation is 1. The van der Waals surface area contributed by atoms with Gasteiger partial charge in [0.1, 0.15) is 4.87 Å². The monoisotopic (exact) mass is 444 g/mol. The number of benzene rings is 2. The van der Waals surface area contributed by atoms with E-state index in [-0.39, 0.29) is 11.4 Å². The number of halogens is 1. The number of anilines is 1. The number of fused-ring (bicyclic) bond motifs is 3. The third kappa shape index (κ3) is 2.79. The first kappa shape index (κ1) is 18.7. The molecule has 0 bridgehead atoms. The van der Waals surface area contributed by atoms with E-state index in [1.165, 1.54) is 15.6 Å². The molecule has 2 aromatic carbocycles. The second kappa shape index (κ2) is 6.58. The van der Waals surface area contributed by atoms with Gasteiger partial charge in [0, 0.05) is 5.56 Å². The van der Waals surface area contributed by atoms with Gasteiger partial charge >= 0.3 is 0 Å². The molecule has 0 fully saturated rings. The lowest BCUT2D eigenvalue weighted by atomic mass is 9.98. The maximum atomic E-state index is 13.6. The van der Waals surface area contributed by atoms with E-state index >= 15 is 0 Å². The van der Waals surface area contributed by atoms with Crippen LogP contribution in [0, 0.1) is 6.92 Å². The SMILES string of the molecule is Cc1ccc(S(=O)(=O)N2c3ccccc3[C@]3(Cl)CN=C(c4cccs4)O[C@H]23)cc1. The minimum atomic E-state index is -3.90. The number of rotatable bonds is 3. The molecule has 0 radical (unpaired) electrons. The Bertz CT molecular complexity index is 1210. The Balaban J connectivity index is 1.66. The summed E-state index contributed by atoms with van der Waals surface area (Å²) in [6.07, 6.45) is -0.928. The summed E-state index contributed by atoms with van der Waals surface area (Å²) in [5.41, 5.74) is 2.21. The van der Waals surface area contributed by atoms with E-state index in [0.717, 1.165) is 10.4 Å². The molecule has 0 unspecified atom stereocenters. The van der Waals surface area contributed by atoms with Gasteiger partial charge in [-0.25, -0.2) is 17.7 Å². The van der Waals surface area contributed by atoms with Crippen molar-refractivity contribution in [3.05, 3.63) is 82.0 Å². The van der Waals surface area contributed by atoms with Gasteiger partial charge < -0.3 is 4.74 Å². The summed E-state index contributed by atoms with van der Waals surface area (Å²) < 4.78 is 34.8. The largest absolute Gasteiger partial charge is 0.449 e. The van der Waals surface area contributed by atoms with Crippen LogP contribution in [0.2, 0.25) is 0 Å². The van der Waals surface area contributed by atoms with E-state index in [2.05, 4.69) is 4.99 Å². The van der Waals surface area contributed by atoms with Crippen molar-refractivity contribution in [1.29, 1.82) is 0 Å². The average molecular weight is 445 g/mol. The lowest BCUT2D eigenvalue weighted by Crippen LogP contribution is -2.51. The lowest BCUT2D eigenvalue weighted by molar-refractivity contribution is 0.147. The summed E-state index contributed by atoms with van der Waals surface area (Å²) in [5, 5.41) is 1.92. The van der Waals surface area contributed by atoms with Crippen molar-refractivity contribution in [2.45, 2.75) is 22.9 Å². The molecular formula is C21H17ClN2O3S2. The Morgan fingerprint density at radius 3 is 2.62 bits per heavy atom. The van der Waals surface area contributed by atoms with E-state index in [0.29, 0.717) is 17.1 Å². The van der Waals surface area contributed by atoms with Crippen LogP contribution in [0.4, 0.5) is 5.69 Å². The van der Waals surface area contributed by atoms with Gasteiger partial charge in [-0.15, -0.1) is 22.9 Å². The summed E-state index contributed by atoms with van der Waals surface area (Å²) in [6.45, 7) is 2.14. The van der Waals surface area contributed by atoms with E-state index in [9.17, 15) is 8.42 Å². The van der Waals surface area contributed by atoms with Crippen LogP contribution < -0.4 is 4.31 Å². The zero-order valence-corrected chi connectivity index (χ0v) is 17.8. The van der Waals surface area contributed by atoms with Gasteiger partial charge in [0.15, 0.2) is 0 Å². The van der Waals surface area contributed by atoms with Crippen molar-refractivity contribution in [1.82, 2.24) is 0 Å². The van der Waals surface area contributed by atoms with Crippen LogP contribution in [-0.4, -0.2) is 27.1 Å². The summed E-state index contributed by atoms with van der Waals surface area (Å²) in [5.74, 6) is 0.415. The van der Waals surface area contributed by atoms with Crippen LogP contribution in [0.15, 0.2) is 75.9 Å². The Hall–Kier alpha value is -2.35. The van der Waals surface area contributed by atoms with Crippen molar-refractivity contribution < 1.29 is 13.2 Å². The number of nitrogens with zero attached hydrogens (tertiary/aromatic N) is 2. The number of alkyl halides is 1. The normalized spacial score (nSPS) is 23.2. The molecule has 29 heavy (non-hydrogen) atoms.